The molecule has 6 nitrogen and oxygen atoms in total. The highest BCUT2D eigenvalue weighted by atomic mass is 16.6. The van der Waals surface area contributed by atoms with Gasteiger partial charge >= 0.3 is 12.1 Å². The first-order valence-electron chi connectivity index (χ1n) is 8.27. The van der Waals surface area contributed by atoms with Gasteiger partial charge in [0, 0.05) is 11.8 Å². The normalized spacial score (nSPS) is 12.1. The van der Waals surface area contributed by atoms with E-state index in [1.165, 1.54) is 6.08 Å². The average Bonchev–Trinajstić information content (AvgIpc) is 2.47. The summed E-state index contributed by atoms with van der Waals surface area (Å²) >= 11 is 0. The van der Waals surface area contributed by atoms with E-state index in [0.717, 1.165) is 25.0 Å². The van der Waals surface area contributed by atoms with E-state index >= 15 is 0 Å². The SMILES string of the molecule is C=CCCC/C(CC/C=C/C(=O)OCC)=N\NC(=O)OC(C)(C)C. The fraction of sp³-hybridized carbons (Fsp3) is 0.611. The van der Waals surface area contributed by atoms with Gasteiger partial charge in [-0.25, -0.2) is 15.0 Å². The van der Waals surface area contributed by atoms with Crippen molar-refractivity contribution in [3.8, 4) is 0 Å². The van der Waals surface area contributed by atoms with Crippen LogP contribution in [0.15, 0.2) is 29.9 Å². The summed E-state index contributed by atoms with van der Waals surface area (Å²) < 4.78 is 9.96. The van der Waals surface area contributed by atoms with Crippen molar-refractivity contribution in [1.29, 1.82) is 0 Å². The van der Waals surface area contributed by atoms with Gasteiger partial charge in [0.2, 0.25) is 0 Å². The molecule has 0 aliphatic carbocycles. The number of hydrazone groups is 1. The van der Waals surface area contributed by atoms with Crippen LogP contribution in [0.1, 0.15) is 59.8 Å². The van der Waals surface area contributed by atoms with Crippen LogP contribution < -0.4 is 5.43 Å². The van der Waals surface area contributed by atoms with E-state index in [2.05, 4.69) is 17.1 Å². The van der Waals surface area contributed by atoms with Crippen LogP contribution in [0.4, 0.5) is 4.79 Å². The van der Waals surface area contributed by atoms with E-state index in [1.807, 2.05) is 6.08 Å². The van der Waals surface area contributed by atoms with Gasteiger partial charge in [-0.15, -0.1) is 6.58 Å². The Morgan fingerprint density at radius 1 is 1.21 bits per heavy atom. The number of hydrogen-bond donors (Lipinski definition) is 1. The van der Waals surface area contributed by atoms with E-state index in [9.17, 15) is 9.59 Å². The van der Waals surface area contributed by atoms with E-state index in [-0.39, 0.29) is 5.97 Å². The molecule has 0 aromatic heterocycles. The fourth-order valence-corrected chi connectivity index (χ4v) is 1.73. The third-order valence-corrected chi connectivity index (χ3v) is 2.72. The average molecular weight is 338 g/mol. The standard InChI is InChI=1S/C18H30N2O4/c1-6-8-9-12-15(13-10-11-14-16(21)23-7-2)19-20-17(22)24-18(3,4)5/h6,11,14H,1,7-10,12-13H2,2-5H3,(H,20,22)/b14-11+,19-15+. The largest absolute Gasteiger partial charge is 0.463 e. The third kappa shape index (κ3) is 13.5. The summed E-state index contributed by atoms with van der Waals surface area (Å²) in [5.41, 5.74) is 2.70. The van der Waals surface area contributed by atoms with Crippen LogP contribution >= 0.6 is 0 Å². The van der Waals surface area contributed by atoms with Gasteiger partial charge in [-0.05, 0) is 59.8 Å². The molecule has 0 spiro atoms. The zero-order chi connectivity index (χ0) is 18.4. The van der Waals surface area contributed by atoms with Crippen LogP contribution in [0, 0.1) is 0 Å². The quantitative estimate of drug-likeness (QED) is 0.162. The summed E-state index contributed by atoms with van der Waals surface area (Å²) in [6, 6.07) is 0. The van der Waals surface area contributed by atoms with Gasteiger partial charge in [0.15, 0.2) is 0 Å². The Morgan fingerprint density at radius 2 is 1.92 bits per heavy atom. The number of unbranched alkanes of at least 4 members (excludes halogenated alkanes) is 1. The van der Waals surface area contributed by atoms with Gasteiger partial charge in [-0.3, -0.25) is 0 Å². The predicted molar refractivity (Wildman–Crippen MR) is 95.9 cm³/mol. The van der Waals surface area contributed by atoms with Crippen molar-refractivity contribution >= 4 is 17.8 Å². The topological polar surface area (TPSA) is 77.0 Å². The minimum absolute atomic E-state index is 0.352. The smallest absolute Gasteiger partial charge is 0.428 e. The Bertz CT molecular complexity index is 462. The van der Waals surface area contributed by atoms with E-state index < -0.39 is 11.7 Å². The number of carbonyl (C=O) groups excluding carboxylic acids is 2. The van der Waals surface area contributed by atoms with Crippen molar-refractivity contribution in [3.63, 3.8) is 0 Å². The molecule has 1 N–H and O–H groups in total. The number of rotatable bonds is 10. The summed E-state index contributed by atoms with van der Waals surface area (Å²) in [6.45, 7) is 11.2. The molecule has 0 saturated carbocycles. The predicted octanol–water partition coefficient (Wildman–Crippen LogP) is 4.12. The fourth-order valence-electron chi connectivity index (χ4n) is 1.73. The second-order valence-corrected chi connectivity index (χ2v) is 6.17. The summed E-state index contributed by atoms with van der Waals surface area (Å²) in [5, 5.41) is 4.14. The molecule has 0 aliphatic rings. The molecule has 0 rings (SSSR count). The van der Waals surface area contributed by atoms with Crippen LogP contribution in [-0.2, 0) is 14.3 Å². The van der Waals surface area contributed by atoms with Gasteiger partial charge in [0.25, 0.3) is 0 Å². The van der Waals surface area contributed by atoms with E-state index in [1.54, 1.807) is 33.8 Å². The maximum absolute atomic E-state index is 11.7. The van der Waals surface area contributed by atoms with Gasteiger partial charge in [0.05, 0.1) is 6.61 Å². The Hall–Kier alpha value is -2.11. The van der Waals surface area contributed by atoms with Crippen molar-refractivity contribution in [2.75, 3.05) is 6.61 Å². The molecule has 6 heteroatoms. The van der Waals surface area contributed by atoms with Crippen molar-refractivity contribution in [2.24, 2.45) is 5.10 Å². The summed E-state index contributed by atoms with van der Waals surface area (Å²) in [5.74, 6) is -0.352. The molecule has 0 radical (unpaired) electrons. The number of allylic oxidation sites excluding steroid dienone is 2. The monoisotopic (exact) mass is 338 g/mol. The lowest BCUT2D eigenvalue weighted by molar-refractivity contribution is -0.137. The third-order valence-electron chi connectivity index (χ3n) is 2.72. The molecule has 0 aromatic carbocycles. The number of nitrogens with one attached hydrogen (secondary N) is 1. The number of hydrogen-bond acceptors (Lipinski definition) is 5. The second-order valence-electron chi connectivity index (χ2n) is 6.17. The highest BCUT2D eigenvalue weighted by molar-refractivity contribution is 5.86. The number of carbonyl (C=O) groups is 2. The van der Waals surface area contributed by atoms with Gasteiger partial charge < -0.3 is 9.47 Å². The Labute approximate surface area is 145 Å². The summed E-state index contributed by atoms with van der Waals surface area (Å²) in [6.07, 6.45) is 8.23. The molecule has 0 aliphatic heterocycles. The Morgan fingerprint density at radius 3 is 2.50 bits per heavy atom. The van der Waals surface area contributed by atoms with Crippen LogP contribution in [0.25, 0.3) is 0 Å². The first-order valence-corrected chi connectivity index (χ1v) is 8.27. The Kier molecular flexibility index (Phi) is 11.2. The molecule has 24 heavy (non-hydrogen) atoms. The zero-order valence-electron chi connectivity index (χ0n) is 15.3. The number of esters is 1. The molecule has 0 fully saturated rings. The van der Waals surface area contributed by atoms with Crippen molar-refractivity contribution in [3.05, 3.63) is 24.8 Å². The molecule has 0 aromatic rings. The van der Waals surface area contributed by atoms with Gasteiger partial charge in [-0.2, -0.15) is 5.10 Å². The maximum atomic E-state index is 11.7. The first-order chi connectivity index (χ1) is 11.3. The summed E-state index contributed by atoms with van der Waals surface area (Å²) in [4.78, 5) is 22.9. The maximum Gasteiger partial charge on any atom is 0.428 e. The molecule has 0 unspecified atom stereocenters. The zero-order valence-corrected chi connectivity index (χ0v) is 15.3. The molecule has 0 atom stereocenters. The first kappa shape index (κ1) is 21.9. The highest BCUT2D eigenvalue weighted by Crippen LogP contribution is 2.08. The minimum atomic E-state index is -0.578. The van der Waals surface area contributed by atoms with Crippen LogP contribution in [0.5, 0.6) is 0 Å². The molecule has 0 saturated heterocycles. The lowest BCUT2D eigenvalue weighted by Crippen LogP contribution is -2.30. The molecule has 1 amide bonds. The Balaban J connectivity index is 4.50. The highest BCUT2D eigenvalue weighted by Gasteiger charge is 2.15. The van der Waals surface area contributed by atoms with Crippen molar-refractivity contribution < 1.29 is 19.1 Å². The van der Waals surface area contributed by atoms with Crippen LogP contribution in [0.2, 0.25) is 0 Å². The molecule has 0 bridgehead atoms. The van der Waals surface area contributed by atoms with E-state index in [4.69, 9.17) is 9.47 Å². The molecular formula is C18H30N2O4. The van der Waals surface area contributed by atoms with Gasteiger partial charge in [-0.1, -0.05) is 12.2 Å². The van der Waals surface area contributed by atoms with Crippen molar-refractivity contribution in [1.82, 2.24) is 5.43 Å². The lowest BCUT2D eigenvalue weighted by Gasteiger charge is -2.18. The number of nitrogens with zero attached hydrogens (tertiary/aromatic N) is 1. The number of amides is 1. The van der Waals surface area contributed by atoms with E-state index in [0.29, 0.717) is 19.4 Å². The van der Waals surface area contributed by atoms with Crippen LogP contribution in [0.3, 0.4) is 0 Å². The number of ether oxygens (including phenoxy) is 2. The lowest BCUT2D eigenvalue weighted by atomic mass is 10.1. The molecular weight excluding hydrogens is 308 g/mol. The second kappa shape index (κ2) is 12.3. The van der Waals surface area contributed by atoms with Crippen molar-refractivity contribution in [2.45, 2.75) is 65.4 Å². The summed E-state index contributed by atoms with van der Waals surface area (Å²) in [7, 11) is 0. The minimum Gasteiger partial charge on any atom is -0.463 e. The molecule has 0 heterocycles. The molecule has 136 valence electrons. The van der Waals surface area contributed by atoms with Gasteiger partial charge in [0.1, 0.15) is 5.60 Å². The van der Waals surface area contributed by atoms with Crippen LogP contribution in [-0.4, -0.2) is 30.0 Å².